The van der Waals surface area contributed by atoms with E-state index in [4.69, 9.17) is 9.84 Å². The number of aryl methyl sites for hydroxylation is 1. The van der Waals surface area contributed by atoms with E-state index in [1.54, 1.807) is 4.90 Å². The molecule has 1 aliphatic rings. The predicted molar refractivity (Wildman–Crippen MR) is 70.4 cm³/mol. The average molecular weight is 263 g/mol. The van der Waals surface area contributed by atoms with Gasteiger partial charge in [-0.25, -0.2) is 4.79 Å². The van der Waals surface area contributed by atoms with Crippen molar-refractivity contribution in [2.24, 2.45) is 0 Å². The van der Waals surface area contributed by atoms with E-state index in [0.717, 1.165) is 16.8 Å². The lowest BCUT2D eigenvalue weighted by Gasteiger charge is -2.32. The van der Waals surface area contributed by atoms with Crippen LogP contribution in [0.4, 0.5) is 10.5 Å². The number of anilines is 1. The number of carbonyl (C=O) groups excluding carboxylic acids is 1. The molecule has 0 aromatic heterocycles. The molecule has 1 unspecified atom stereocenters. The van der Waals surface area contributed by atoms with Gasteiger partial charge in [-0.1, -0.05) is 12.1 Å². The maximum atomic E-state index is 12.0. The first kappa shape index (κ1) is 13.4. The Morgan fingerprint density at radius 3 is 2.84 bits per heavy atom. The summed E-state index contributed by atoms with van der Waals surface area (Å²) >= 11 is 0. The Bertz CT molecular complexity index is 512. The van der Waals surface area contributed by atoms with Crippen molar-refractivity contribution in [1.29, 1.82) is 0 Å². The van der Waals surface area contributed by atoms with Crippen molar-refractivity contribution in [3.8, 4) is 0 Å². The quantitative estimate of drug-likeness (QED) is 0.909. The lowest BCUT2D eigenvalue weighted by molar-refractivity contribution is -0.139. The van der Waals surface area contributed by atoms with Gasteiger partial charge in [0.15, 0.2) is 0 Å². The molecule has 1 aromatic rings. The SMILES string of the molecule is Cc1cccc(N2CCC(CC(=O)O)OC2=O)c1C. The van der Waals surface area contributed by atoms with E-state index in [9.17, 15) is 9.59 Å². The molecular formula is C14H17NO4. The summed E-state index contributed by atoms with van der Waals surface area (Å²) in [7, 11) is 0. The van der Waals surface area contributed by atoms with Crippen molar-refractivity contribution in [2.75, 3.05) is 11.4 Å². The third kappa shape index (κ3) is 2.86. The summed E-state index contributed by atoms with van der Waals surface area (Å²) in [5.74, 6) is -0.946. The lowest BCUT2D eigenvalue weighted by atomic mass is 10.1. The molecule has 0 bridgehead atoms. The Hall–Kier alpha value is -2.04. The Kier molecular flexibility index (Phi) is 3.74. The van der Waals surface area contributed by atoms with Gasteiger partial charge < -0.3 is 9.84 Å². The molecule has 5 nitrogen and oxygen atoms in total. The zero-order chi connectivity index (χ0) is 14.0. The van der Waals surface area contributed by atoms with Gasteiger partial charge in [-0.05, 0) is 31.0 Å². The van der Waals surface area contributed by atoms with Crippen LogP contribution in [0.2, 0.25) is 0 Å². The summed E-state index contributed by atoms with van der Waals surface area (Å²) in [6, 6.07) is 5.76. The van der Waals surface area contributed by atoms with E-state index in [2.05, 4.69) is 0 Å². The molecule has 102 valence electrons. The fourth-order valence-corrected chi connectivity index (χ4v) is 2.21. The molecular weight excluding hydrogens is 246 g/mol. The first-order valence-corrected chi connectivity index (χ1v) is 6.25. The molecule has 1 amide bonds. The van der Waals surface area contributed by atoms with Crippen molar-refractivity contribution >= 4 is 17.7 Å². The first-order valence-electron chi connectivity index (χ1n) is 6.25. The van der Waals surface area contributed by atoms with E-state index in [1.807, 2.05) is 32.0 Å². The number of aliphatic carboxylic acids is 1. The fraction of sp³-hybridized carbons (Fsp3) is 0.429. The number of hydrogen-bond donors (Lipinski definition) is 1. The summed E-state index contributed by atoms with van der Waals surface area (Å²) in [6.45, 7) is 4.43. The van der Waals surface area contributed by atoms with Crippen LogP contribution in [0.3, 0.4) is 0 Å². The van der Waals surface area contributed by atoms with Gasteiger partial charge in [0.05, 0.1) is 12.1 Å². The third-order valence-electron chi connectivity index (χ3n) is 3.43. The maximum absolute atomic E-state index is 12.0. The van der Waals surface area contributed by atoms with E-state index < -0.39 is 18.2 Å². The zero-order valence-corrected chi connectivity index (χ0v) is 11.0. The van der Waals surface area contributed by atoms with Gasteiger partial charge in [0, 0.05) is 13.0 Å². The van der Waals surface area contributed by atoms with E-state index >= 15 is 0 Å². The minimum Gasteiger partial charge on any atom is -0.481 e. The molecule has 2 rings (SSSR count). The minimum atomic E-state index is -0.946. The second-order valence-electron chi connectivity index (χ2n) is 4.76. The Morgan fingerprint density at radius 1 is 1.47 bits per heavy atom. The van der Waals surface area contributed by atoms with Crippen molar-refractivity contribution in [3.63, 3.8) is 0 Å². The highest BCUT2D eigenvalue weighted by molar-refractivity contribution is 5.89. The monoisotopic (exact) mass is 263 g/mol. The number of amides is 1. The highest BCUT2D eigenvalue weighted by atomic mass is 16.6. The van der Waals surface area contributed by atoms with Crippen molar-refractivity contribution in [3.05, 3.63) is 29.3 Å². The maximum Gasteiger partial charge on any atom is 0.414 e. The van der Waals surface area contributed by atoms with Crippen LogP contribution in [0.5, 0.6) is 0 Å². The molecule has 0 aliphatic carbocycles. The summed E-state index contributed by atoms with van der Waals surface area (Å²) < 4.78 is 5.17. The smallest absolute Gasteiger partial charge is 0.414 e. The Labute approximate surface area is 111 Å². The normalized spacial score (nSPS) is 19.2. The fourth-order valence-electron chi connectivity index (χ4n) is 2.21. The van der Waals surface area contributed by atoms with E-state index in [1.165, 1.54) is 0 Å². The van der Waals surface area contributed by atoms with Gasteiger partial charge in [-0.2, -0.15) is 0 Å². The van der Waals surface area contributed by atoms with Gasteiger partial charge in [0.1, 0.15) is 6.10 Å². The third-order valence-corrected chi connectivity index (χ3v) is 3.43. The van der Waals surface area contributed by atoms with Crippen LogP contribution in [-0.2, 0) is 9.53 Å². The van der Waals surface area contributed by atoms with Crippen LogP contribution in [-0.4, -0.2) is 29.8 Å². The summed E-state index contributed by atoms with van der Waals surface area (Å²) in [5.41, 5.74) is 2.98. The standard InChI is InChI=1S/C14H17NO4/c1-9-4-3-5-12(10(9)2)15-7-6-11(8-13(16)17)19-14(15)18/h3-5,11H,6-8H2,1-2H3,(H,16,17). The van der Waals surface area contributed by atoms with Crippen LogP contribution in [0.15, 0.2) is 18.2 Å². The highest BCUT2D eigenvalue weighted by Gasteiger charge is 2.30. The van der Waals surface area contributed by atoms with Crippen LogP contribution in [0, 0.1) is 13.8 Å². The van der Waals surface area contributed by atoms with Crippen LogP contribution in [0.1, 0.15) is 24.0 Å². The van der Waals surface area contributed by atoms with Gasteiger partial charge in [0.25, 0.3) is 0 Å². The number of ether oxygens (including phenoxy) is 1. The molecule has 5 heteroatoms. The molecule has 0 radical (unpaired) electrons. The second kappa shape index (κ2) is 5.30. The number of cyclic esters (lactones) is 1. The predicted octanol–water partition coefficient (Wildman–Crippen LogP) is 2.49. The van der Waals surface area contributed by atoms with Crippen LogP contribution >= 0.6 is 0 Å². The van der Waals surface area contributed by atoms with Gasteiger partial charge in [-0.15, -0.1) is 0 Å². The van der Waals surface area contributed by atoms with Crippen LogP contribution in [0.25, 0.3) is 0 Å². The van der Waals surface area contributed by atoms with Crippen molar-refractivity contribution < 1.29 is 19.4 Å². The molecule has 1 N–H and O–H groups in total. The summed E-state index contributed by atoms with van der Waals surface area (Å²) in [4.78, 5) is 24.2. The lowest BCUT2D eigenvalue weighted by Crippen LogP contribution is -2.43. The number of carboxylic acid groups (broad SMARTS) is 1. The van der Waals surface area contributed by atoms with Crippen molar-refractivity contribution in [2.45, 2.75) is 32.8 Å². The van der Waals surface area contributed by atoms with Crippen LogP contribution < -0.4 is 4.90 Å². The number of benzene rings is 1. The van der Waals surface area contributed by atoms with Gasteiger partial charge in [-0.3, -0.25) is 9.69 Å². The molecule has 0 saturated carbocycles. The number of carboxylic acids is 1. The summed E-state index contributed by atoms with van der Waals surface area (Å²) in [5, 5.41) is 8.71. The highest BCUT2D eigenvalue weighted by Crippen LogP contribution is 2.27. The molecule has 1 saturated heterocycles. The first-order chi connectivity index (χ1) is 8.99. The molecule has 1 heterocycles. The number of nitrogens with zero attached hydrogens (tertiary/aromatic N) is 1. The molecule has 1 atom stereocenters. The molecule has 19 heavy (non-hydrogen) atoms. The van der Waals surface area contributed by atoms with Gasteiger partial charge >= 0.3 is 12.1 Å². The zero-order valence-electron chi connectivity index (χ0n) is 11.0. The van der Waals surface area contributed by atoms with E-state index in [-0.39, 0.29) is 6.42 Å². The molecule has 1 aromatic carbocycles. The topological polar surface area (TPSA) is 66.8 Å². The minimum absolute atomic E-state index is 0.133. The summed E-state index contributed by atoms with van der Waals surface area (Å²) in [6.07, 6.45) is -0.588. The van der Waals surface area contributed by atoms with Gasteiger partial charge in [0.2, 0.25) is 0 Å². The van der Waals surface area contributed by atoms with E-state index in [0.29, 0.717) is 13.0 Å². The molecule has 1 aliphatic heterocycles. The number of hydrogen-bond acceptors (Lipinski definition) is 3. The second-order valence-corrected chi connectivity index (χ2v) is 4.76. The number of rotatable bonds is 3. The Morgan fingerprint density at radius 2 is 2.21 bits per heavy atom. The molecule has 0 spiro atoms. The average Bonchev–Trinajstić information content (AvgIpc) is 2.33. The molecule has 1 fully saturated rings. The Balaban J connectivity index is 2.14. The van der Waals surface area contributed by atoms with Crippen molar-refractivity contribution in [1.82, 2.24) is 0 Å². The number of carbonyl (C=O) groups is 2. The largest absolute Gasteiger partial charge is 0.481 e.